The lowest BCUT2D eigenvalue weighted by molar-refractivity contribution is -0.144. The fourth-order valence-electron chi connectivity index (χ4n) is 11.0. The monoisotopic (exact) mass is 1410 g/mol. The maximum atomic E-state index is 14.7. The number of aliphatic imine (C=N–C) groups is 1. The second-order valence-electron chi connectivity index (χ2n) is 24.6. The van der Waals surface area contributed by atoms with Crippen LogP contribution in [0.2, 0.25) is 0 Å². The summed E-state index contributed by atoms with van der Waals surface area (Å²) in [4.78, 5) is 194. The highest BCUT2D eigenvalue weighted by molar-refractivity contribution is 7.98. The third kappa shape index (κ3) is 31.3. The SMILES string of the molecule is CC(=O)O.CSCC[C@H](NC(=O)[C@H](CC(C)C)NC(=O)CNC(=O)[C@H](Cc1ccccc1)NC(=O)[C@H](Cc1ccccc1)NC(=O)[C@H](CCC(N)=O)NC(=O)[C@H](CCC(N)=O)NC(=O)[C@@H]1CCCN1C(=O)[C@H](CCCCN)NC(=O)[C@@H]1CCCN1C(=O)[C@@H](N)CCCN=C(N)N)C(N)=O. The van der Waals surface area contributed by atoms with Crippen molar-refractivity contribution in [1.82, 2.24) is 52.3 Å². The second-order valence-corrected chi connectivity index (χ2v) is 25.6. The Morgan fingerprint density at radius 2 is 1.01 bits per heavy atom. The Morgan fingerprint density at radius 1 is 0.556 bits per heavy atom. The number of nitrogens with two attached hydrogens (primary N) is 7. The summed E-state index contributed by atoms with van der Waals surface area (Å²) in [5.41, 5.74) is 40.6. The first-order chi connectivity index (χ1) is 47.0. The van der Waals surface area contributed by atoms with Gasteiger partial charge < -0.3 is 97.6 Å². The molecule has 10 atom stereocenters. The van der Waals surface area contributed by atoms with Crippen LogP contribution in [0.4, 0.5) is 0 Å². The molecule has 34 heteroatoms. The van der Waals surface area contributed by atoms with Crippen molar-refractivity contribution in [3.63, 3.8) is 0 Å². The van der Waals surface area contributed by atoms with Gasteiger partial charge in [0.15, 0.2) is 5.96 Å². The van der Waals surface area contributed by atoms with Gasteiger partial charge in [-0.2, -0.15) is 11.8 Å². The zero-order valence-corrected chi connectivity index (χ0v) is 57.7. The molecule has 0 unspecified atom stereocenters. The molecule has 2 heterocycles. The largest absolute Gasteiger partial charge is 0.481 e. The number of hydrogen-bond donors (Lipinski definition) is 16. The van der Waals surface area contributed by atoms with Crippen LogP contribution < -0.4 is 82.7 Å². The van der Waals surface area contributed by atoms with Gasteiger partial charge in [-0.15, -0.1) is 0 Å². The van der Waals surface area contributed by atoms with E-state index in [1.807, 2.05) is 20.1 Å². The Bertz CT molecular complexity index is 3070. The molecule has 4 rings (SSSR count). The Morgan fingerprint density at radius 3 is 1.48 bits per heavy atom. The summed E-state index contributed by atoms with van der Waals surface area (Å²) in [6.07, 6.45) is 3.12. The highest BCUT2D eigenvalue weighted by Crippen LogP contribution is 2.24. The standard InChI is InChI=1S/C63H98N18O13S.C2H4O2/c1-37(2)33-45(57(89)74-41(53(68)85)27-32-95-3)73-52(84)36-72-54(86)46(34-38-15-6-4-7-16-38)78-58(90)47(35-39-17-8-5-9-18-39)79-56(88)42(23-25-50(66)82)75-55(87)43(24-26-51(67)83)76-59(91)49-22-14-31-81(49)62(94)44(20-10-11-28-64)77-60(92)48-21-13-30-80(48)61(93)40(65)19-12-29-71-63(69)70;1-2(3)4/h4-9,15-18,37,40-49H,10-14,19-36,64-65H2,1-3H3,(H2,66,82)(H2,67,83)(H2,68,85)(H,72,86)(H,73,84)(H,74,89)(H,75,87)(H,76,91)(H,77,92)(H,78,90)(H,79,88)(H4,69,70,71);1H3,(H,3,4)/t40-,41-,42-,43-,44-,45-,46-,47-,48-,49-;/m0./s1. The van der Waals surface area contributed by atoms with Crippen LogP contribution in [0.25, 0.3) is 0 Å². The van der Waals surface area contributed by atoms with Crippen LogP contribution in [0.15, 0.2) is 65.7 Å². The number of likely N-dealkylation sites (tertiary alicyclic amines) is 2. The third-order valence-corrected chi connectivity index (χ3v) is 16.7. The average molecular weight is 1410 g/mol. The van der Waals surface area contributed by atoms with Crippen molar-refractivity contribution in [3.05, 3.63) is 71.8 Å². The predicted octanol–water partition coefficient (Wildman–Crippen LogP) is -3.62. The number of benzene rings is 2. The van der Waals surface area contributed by atoms with Crippen LogP contribution in [0.5, 0.6) is 0 Å². The lowest BCUT2D eigenvalue weighted by Crippen LogP contribution is -2.60. The molecule has 0 saturated carbocycles. The number of aliphatic carboxylic acids is 1. The van der Waals surface area contributed by atoms with Crippen molar-refractivity contribution in [2.75, 3.05) is 44.7 Å². The van der Waals surface area contributed by atoms with E-state index in [9.17, 15) is 62.3 Å². The Labute approximate surface area is 580 Å². The Kier molecular flexibility index (Phi) is 37.6. The Hall–Kier alpha value is -9.44. The maximum absolute atomic E-state index is 14.7. The van der Waals surface area contributed by atoms with Gasteiger partial charge in [-0.25, -0.2) is 0 Å². The first kappa shape index (κ1) is 83.8. The summed E-state index contributed by atoms with van der Waals surface area (Å²) >= 11 is 1.45. The van der Waals surface area contributed by atoms with E-state index >= 15 is 0 Å². The number of thioether (sulfide) groups is 1. The number of nitrogens with one attached hydrogen (secondary N) is 8. The fourth-order valence-corrected chi connectivity index (χ4v) is 11.5. The molecular weight excluding hydrogens is 1300 g/mol. The van der Waals surface area contributed by atoms with E-state index in [0.29, 0.717) is 55.4 Å². The number of carboxylic acid groups (broad SMARTS) is 1. The molecule has 2 aliphatic rings. The summed E-state index contributed by atoms with van der Waals surface area (Å²) in [6, 6.07) is 4.51. The van der Waals surface area contributed by atoms with Gasteiger partial charge in [-0.1, -0.05) is 74.5 Å². The molecule has 99 heavy (non-hydrogen) atoms. The number of guanidine groups is 1. The summed E-state index contributed by atoms with van der Waals surface area (Å²) in [7, 11) is 0. The van der Waals surface area contributed by atoms with Gasteiger partial charge in [-0.05, 0) is 119 Å². The van der Waals surface area contributed by atoms with Gasteiger partial charge in [0, 0.05) is 52.2 Å². The summed E-state index contributed by atoms with van der Waals surface area (Å²) in [5.74, 6) is -10.6. The smallest absolute Gasteiger partial charge is 0.300 e. The minimum atomic E-state index is -1.64. The summed E-state index contributed by atoms with van der Waals surface area (Å²) < 4.78 is 0. The molecule has 2 aliphatic heterocycles. The van der Waals surface area contributed by atoms with Crippen molar-refractivity contribution in [2.45, 2.75) is 190 Å². The molecule has 548 valence electrons. The molecule has 2 aromatic rings. The van der Waals surface area contributed by atoms with E-state index in [1.54, 1.807) is 60.7 Å². The lowest BCUT2D eigenvalue weighted by atomic mass is 10.0. The molecule has 2 saturated heterocycles. The van der Waals surface area contributed by atoms with Crippen LogP contribution in [0.3, 0.4) is 0 Å². The fraction of sp³-hybridized carbons (Fsp3) is 0.585. The van der Waals surface area contributed by atoms with Gasteiger partial charge >= 0.3 is 0 Å². The minimum Gasteiger partial charge on any atom is -0.481 e. The van der Waals surface area contributed by atoms with E-state index in [2.05, 4.69) is 47.5 Å². The van der Waals surface area contributed by atoms with Crippen molar-refractivity contribution >= 4 is 100 Å². The second kappa shape index (κ2) is 44.5. The number of unbranched alkanes of at least 4 members (excludes halogenated alkanes) is 1. The molecule has 0 aliphatic carbocycles. The highest BCUT2D eigenvalue weighted by atomic mass is 32.2. The first-order valence-electron chi connectivity index (χ1n) is 33.1. The third-order valence-electron chi connectivity index (χ3n) is 16.0. The Balaban J connectivity index is 0.00000619. The number of carbonyl (C=O) groups excluding carboxylic acids is 13. The maximum Gasteiger partial charge on any atom is 0.300 e. The molecule has 0 radical (unpaired) electrons. The van der Waals surface area contributed by atoms with E-state index in [-0.39, 0.29) is 83.0 Å². The van der Waals surface area contributed by atoms with Crippen LogP contribution in [0, 0.1) is 5.92 Å². The topological polar surface area (TPSA) is 556 Å². The molecule has 0 aromatic heterocycles. The molecular formula is C65H102N18O15S. The van der Waals surface area contributed by atoms with Crippen LogP contribution in [0.1, 0.15) is 128 Å². The zero-order valence-electron chi connectivity index (χ0n) is 56.8. The number of primary amides is 3. The lowest BCUT2D eigenvalue weighted by Gasteiger charge is -2.32. The molecule has 0 spiro atoms. The van der Waals surface area contributed by atoms with Gasteiger partial charge in [0.25, 0.3) is 5.97 Å². The molecule has 23 N–H and O–H groups in total. The molecule has 2 fully saturated rings. The van der Waals surface area contributed by atoms with Crippen molar-refractivity contribution < 1.29 is 72.2 Å². The van der Waals surface area contributed by atoms with Crippen molar-refractivity contribution in [2.24, 2.45) is 51.0 Å². The van der Waals surface area contributed by atoms with E-state index in [4.69, 9.17) is 50.0 Å². The van der Waals surface area contributed by atoms with Crippen molar-refractivity contribution in [1.29, 1.82) is 0 Å². The quantitative estimate of drug-likeness (QED) is 0.0173. The van der Waals surface area contributed by atoms with E-state index in [0.717, 1.165) is 6.92 Å². The molecule has 33 nitrogen and oxygen atoms in total. The van der Waals surface area contributed by atoms with Crippen LogP contribution in [-0.4, -0.2) is 209 Å². The van der Waals surface area contributed by atoms with Crippen LogP contribution >= 0.6 is 11.8 Å². The van der Waals surface area contributed by atoms with Gasteiger partial charge in [0.2, 0.25) is 76.8 Å². The van der Waals surface area contributed by atoms with Gasteiger partial charge in [0.1, 0.15) is 54.4 Å². The highest BCUT2D eigenvalue weighted by Gasteiger charge is 2.42. The van der Waals surface area contributed by atoms with Crippen molar-refractivity contribution in [3.8, 4) is 0 Å². The predicted molar refractivity (Wildman–Crippen MR) is 369 cm³/mol. The molecule has 0 bridgehead atoms. The van der Waals surface area contributed by atoms with Gasteiger partial charge in [-0.3, -0.25) is 72.1 Å². The number of nitrogens with zero attached hydrogens (tertiary/aromatic N) is 3. The van der Waals surface area contributed by atoms with E-state index in [1.165, 1.54) is 21.6 Å². The van der Waals surface area contributed by atoms with Gasteiger partial charge in [0.05, 0.1) is 12.6 Å². The number of carbonyl (C=O) groups is 14. The normalized spacial score (nSPS) is 16.4. The molecule has 13 amide bonds. The van der Waals surface area contributed by atoms with Crippen LogP contribution in [-0.2, 0) is 80.0 Å². The zero-order chi connectivity index (χ0) is 73.7. The van der Waals surface area contributed by atoms with E-state index < -0.39 is 175 Å². The number of amides is 13. The minimum absolute atomic E-state index is 0.0736. The number of carboxylic acids is 1. The summed E-state index contributed by atoms with van der Waals surface area (Å²) in [5, 5.41) is 28.5. The number of rotatable bonds is 42. The first-order valence-corrected chi connectivity index (χ1v) is 34.5. The summed E-state index contributed by atoms with van der Waals surface area (Å²) in [6.45, 7) is 4.95. The average Bonchev–Trinajstić information content (AvgIpc) is 1.72. The molecule has 2 aromatic carbocycles. The number of hydrogen-bond acceptors (Lipinski definition) is 18.